The summed E-state index contributed by atoms with van der Waals surface area (Å²) in [5, 5.41) is 2.00. The second kappa shape index (κ2) is 14.7. The molecule has 1 rings (SSSR count). The lowest BCUT2D eigenvalue weighted by Gasteiger charge is -2.30. The lowest BCUT2D eigenvalue weighted by Crippen LogP contribution is -2.63. The molecule has 0 aliphatic heterocycles. The Kier molecular flexibility index (Phi) is 12.7. The number of nitrogens with two attached hydrogens (primary N) is 1. The van der Waals surface area contributed by atoms with Gasteiger partial charge >= 0.3 is 12.1 Å². The van der Waals surface area contributed by atoms with Crippen LogP contribution >= 0.6 is 0 Å². The van der Waals surface area contributed by atoms with Gasteiger partial charge < -0.3 is 20.7 Å². The Balaban J connectivity index is 3.11. The first kappa shape index (κ1) is 32.1. The zero-order valence-electron chi connectivity index (χ0n) is 21.9. The summed E-state index contributed by atoms with van der Waals surface area (Å²) < 4.78 is 45.2. The van der Waals surface area contributed by atoms with Crippen molar-refractivity contribution in [3.63, 3.8) is 0 Å². The minimum Gasteiger partial charge on any atom is -0.459 e. The Bertz CT molecular complexity index is 902. The molecule has 0 spiro atoms. The van der Waals surface area contributed by atoms with Gasteiger partial charge in [0.1, 0.15) is 6.61 Å². The lowest BCUT2D eigenvalue weighted by molar-refractivity contribution is -0.174. The van der Waals surface area contributed by atoms with Crippen molar-refractivity contribution in [3.8, 4) is 0 Å². The highest BCUT2D eigenvalue weighted by Gasteiger charge is 2.49. The van der Waals surface area contributed by atoms with E-state index in [0.717, 1.165) is 0 Å². The van der Waals surface area contributed by atoms with Crippen molar-refractivity contribution in [3.05, 3.63) is 35.9 Å². The average Bonchev–Trinajstić information content (AvgIpc) is 2.83. The van der Waals surface area contributed by atoms with E-state index in [0.29, 0.717) is 31.5 Å². The normalized spacial score (nSPS) is 14.0. The van der Waals surface area contributed by atoms with Gasteiger partial charge in [0.05, 0.1) is 6.04 Å². The molecule has 0 bridgehead atoms. The number of hydrogen-bond donors (Lipinski definition) is 2. The molecule has 0 heterocycles. The van der Waals surface area contributed by atoms with Crippen molar-refractivity contribution in [2.45, 2.75) is 84.2 Å². The molecule has 0 fully saturated rings. The first-order chi connectivity index (χ1) is 17.3. The van der Waals surface area contributed by atoms with Gasteiger partial charge in [0, 0.05) is 19.5 Å². The van der Waals surface area contributed by atoms with Crippen molar-refractivity contribution >= 4 is 23.6 Å². The number of nitrogens with one attached hydrogen (secondary N) is 1. The van der Waals surface area contributed by atoms with E-state index in [9.17, 15) is 32.3 Å². The van der Waals surface area contributed by atoms with Crippen LogP contribution in [0.15, 0.2) is 30.3 Å². The van der Waals surface area contributed by atoms with Crippen LogP contribution in [0.3, 0.4) is 0 Å². The fraction of sp³-hybridized carbons (Fsp3) is 0.615. The molecule has 0 saturated carbocycles. The van der Waals surface area contributed by atoms with E-state index >= 15 is 0 Å². The molecule has 3 N–H and O–H groups in total. The predicted octanol–water partition coefficient (Wildman–Crippen LogP) is 3.52. The van der Waals surface area contributed by atoms with Crippen molar-refractivity contribution in [2.24, 2.45) is 11.7 Å². The van der Waals surface area contributed by atoms with E-state index in [1.165, 1.54) is 4.90 Å². The number of amides is 2. The van der Waals surface area contributed by atoms with Crippen molar-refractivity contribution in [1.29, 1.82) is 0 Å². The summed E-state index contributed by atoms with van der Waals surface area (Å²) in [5.74, 6) is -5.37. The third-order valence-corrected chi connectivity index (χ3v) is 5.60. The molecule has 1 aromatic carbocycles. The first-order valence-electron chi connectivity index (χ1n) is 12.5. The van der Waals surface area contributed by atoms with E-state index in [2.05, 4.69) is 0 Å². The minimum atomic E-state index is -5.27. The second-order valence-electron chi connectivity index (χ2n) is 9.44. The van der Waals surface area contributed by atoms with Gasteiger partial charge in [-0.25, -0.2) is 4.79 Å². The maximum atomic E-state index is 13.3. The summed E-state index contributed by atoms with van der Waals surface area (Å²) in [4.78, 5) is 52.2. The van der Waals surface area contributed by atoms with Gasteiger partial charge in [-0.1, -0.05) is 58.0 Å². The van der Waals surface area contributed by atoms with Gasteiger partial charge in [-0.05, 0) is 37.2 Å². The minimum absolute atomic E-state index is 0.200. The molecule has 0 aliphatic rings. The fourth-order valence-corrected chi connectivity index (χ4v) is 3.84. The third kappa shape index (κ3) is 10.1. The Morgan fingerprint density at radius 3 is 2.08 bits per heavy atom. The zero-order chi connectivity index (χ0) is 28.2. The van der Waals surface area contributed by atoms with Gasteiger partial charge in [0.25, 0.3) is 11.7 Å². The number of esters is 1. The number of nitrogens with zero attached hydrogens (tertiary/aromatic N) is 1. The molecule has 2 atom stereocenters. The maximum Gasteiger partial charge on any atom is 0.452 e. The van der Waals surface area contributed by atoms with E-state index in [1.54, 1.807) is 44.2 Å². The number of halogens is 3. The molecular formula is C26H38F3N3O5. The smallest absolute Gasteiger partial charge is 0.452 e. The standard InChI is InChI=1S/C26H38F3N3O5/c1-5-14-32(15-6-2)21(33)13-12-20(22(34)26(27,28)29)31-23(35)25(30,16-18(3)4)24(36)37-17-19-10-8-7-9-11-19/h7-11,18,20H,5-6,12-17,30H2,1-4H3,(H,31,35)/t20-,25-/m0/s1. The Hall–Kier alpha value is -2.95. The van der Waals surface area contributed by atoms with E-state index < -0.39 is 54.2 Å². The number of carbonyl (C=O) groups is 4. The highest BCUT2D eigenvalue weighted by Crippen LogP contribution is 2.23. The van der Waals surface area contributed by atoms with E-state index in [4.69, 9.17) is 10.5 Å². The van der Waals surface area contributed by atoms with E-state index in [1.807, 2.05) is 19.2 Å². The fourth-order valence-electron chi connectivity index (χ4n) is 3.84. The van der Waals surface area contributed by atoms with Crippen LogP contribution in [0.5, 0.6) is 0 Å². The summed E-state index contributed by atoms with van der Waals surface area (Å²) in [6.45, 7) is 7.71. The average molecular weight is 530 g/mol. The van der Waals surface area contributed by atoms with Crippen LogP contribution in [0.1, 0.15) is 65.4 Å². The summed E-state index contributed by atoms with van der Waals surface area (Å²) in [6, 6.07) is 6.48. The zero-order valence-corrected chi connectivity index (χ0v) is 21.9. The summed E-state index contributed by atoms with van der Waals surface area (Å²) >= 11 is 0. The number of ether oxygens (including phenoxy) is 1. The van der Waals surface area contributed by atoms with Crippen LogP contribution in [0.2, 0.25) is 0 Å². The number of carbonyl (C=O) groups excluding carboxylic acids is 4. The number of rotatable bonds is 15. The van der Waals surface area contributed by atoms with Gasteiger partial charge in [-0.2, -0.15) is 13.2 Å². The van der Waals surface area contributed by atoms with Crippen molar-refractivity contribution in [2.75, 3.05) is 13.1 Å². The SMILES string of the molecule is CCCN(CCC)C(=O)CC[C@H](NC(=O)[C@@](N)(CC(C)C)C(=O)OCc1ccccc1)C(=O)C(F)(F)F. The molecule has 11 heteroatoms. The van der Waals surface area contributed by atoms with Crippen LogP contribution in [0.4, 0.5) is 13.2 Å². The quantitative estimate of drug-likeness (QED) is 0.265. The first-order valence-corrected chi connectivity index (χ1v) is 12.5. The van der Waals surface area contributed by atoms with Crippen LogP contribution in [0, 0.1) is 5.92 Å². The number of benzene rings is 1. The summed E-state index contributed by atoms with van der Waals surface area (Å²) in [5.41, 5.74) is 4.42. The third-order valence-electron chi connectivity index (χ3n) is 5.60. The van der Waals surface area contributed by atoms with E-state index in [-0.39, 0.29) is 18.9 Å². The Morgan fingerprint density at radius 1 is 1.03 bits per heavy atom. The highest BCUT2D eigenvalue weighted by atomic mass is 19.4. The van der Waals surface area contributed by atoms with Crippen LogP contribution in [0.25, 0.3) is 0 Å². The molecule has 0 saturated heterocycles. The molecule has 208 valence electrons. The monoisotopic (exact) mass is 529 g/mol. The second-order valence-corrected chi connectivity index (χ2v) is 9.44. The number of ketones is 1. The van der Waals surface area contributed by atoms with Crippen LogP contribution in [-0.4, -0.2) is 59.3 Å². The number of hydrogen-bond acceptors (Lipinski definition) is 6. The highest BCUT2D eigenvalue weighted by molar-refractivity contribution is 6.08. The summed E-state index contributed by atoms with van der Waals surface area (Å²) in [6.07, 6.45) is -5.18. The largest absolute Gasteiger partial charge is 0.459 e. The number of alkyl halides is 3. The number of Topliss-reactive ketones (excluding diaryl/α,β-unsaturated/α-hetero) is 1. The molecule has 37 heavy (non-hydrogen) atoms. The van der Waals surface area contributed by atoms with Crippen LogP contribution < -0.4 is 11.1 Å². The molecule has 0 radical (unpaired) electrons. The topological polar surface area (TPSA) is 119 Å². The van der Waals surface area contributed by atoms with Gasteiger partial charge in [0.2, 0.25) is 5.91 Å². The molecular weight excluding hydrogens is 491 g/mol. The summed E-state index contributed by atoms with van der Waals surface area (Å²) in [7, 11) is 0. The molecule has 1 aromatic rings. The lowest BCUT2D eigenvalue weighted by atomic mass is 9.88. The van der Waals surface area contributed by atoms with Crippen molar-refractivity contribution in [1.82, 2.24) is 10.2 Å². The van der Waals surface area contributed by atoms with Crippen molar-refractivity contribution < 1.29 is 37.1 Å². The Morgan fingerprint density at radius 2 is 1.59 bits per heavy atom. The van der Waals surface area contributed by atoms with Gasteiger partial charge in [-0.15, -0.1) is 0 Å². The molecule has 0 unspecified atom stereocenters. The van der Waals surface area contributed by atoms with Gasteiger partial charge in [-0.3, -0.25) is 14.4 Å². The molecule has 0 aromatic heterocycles. The maximum absolute atomic E-state index is 13.3. The Labute approximate surface area is 216 Å². The molecule has 8 nitrogen and oxygen atoms in total. The van der Waals surface area contributed by atoms with Crippen LogP contribution in [-0.2, 0) is 30.5 Å². The van der Waals surface area contributed by atoms with Gasteiger partial charge in [0.15, 0.2) is 5.54 Å². The predicted molar refractivity (Wildman–Crippen MR) is 132 cm³/mol. The molecule has 0 aliphatic carbocycles. The molecule has 2 amide bonds.